The lowest BCUT2D eigenvalue weighted by Gasteiger charge is -2.29. The van der Waals surface area contributed by atoms with E-state index in [0.29, 0.717) is 0 Å². The molecular weight excluding hydrogens is 188 g/mol. The second kappa shape index (κ2) is 4.62. The summed E-state index contributed by atoms with van der Waals surface area (Å²) in [5, 5.41) is 0. The second-order valence-corrected chi connectivity index (χ2v) is 4.51. The van der Waals surface area contributed by atoms with E-state index in [1.165, 1.54) is 25.9 Å². The van der Waals surface area contributed by atoms with Crippen LogP contribution in [-0.4, -0.2) is 35.9 Å². The van der Waals surface area contributed by atoms with Crippen LogP contribution in [0.3, 0.4) is 0 Å². The maximum atomic E-state index is 10.5. The molecule has 0 amide bonds. The molecule has 0 unspecified atom stereocenters. The number of hydrogen-bond acceptors (Lipinski definition) is 2. The van der Waals surface area contributed by atoms with Gasteiger partial charge in [-0.2, -0.15) is 0 Å². The molecule has 0 aliphatic carbocycles. The third-order valence-electron chi connectivity index (χ3n) is 3.22. The van der Waals surface area contributed by atoms with Crippen molar-refractivity contribution in [1.82, 2.24) is 9.47 Å². The van der Waals surface area contributed by atoms with Crippen molar-refractivity contribution in [1.29, 1.82) is 0 Å². The Balaban J connectivity index is 1.88. The summed E-state index contributed by atoms with van der Waals surface area (Å²) in [7, 11) is 2.18. The Kier molecular flexibility index (Phi) is 3.21. The van der Waals surface area contributed by atoms with E-state index in [-0.39, 0.29) is 0 Å². The molecule has 2 rings (SSSR count). The molecule has 1 aliphatic heterocycles. The molecule has 0 saturated carbocycles. The van der Waals surface area contributed by atoms with Crippen LogP contribution in [0.2, 0.25) is 0 Å². The zero-order valence-corrected chi connectivity index (χ0v) is 9.22. The van der Waals surface area contributed by atoms with Crippen molar-refractivity contribution >= 4 is 6.29 Å². The highest BCUT2D eigenvalue weighted by Gasteiger charge is 2.16. The van der Waals surface area contributed by atoms with Gasteiger partial charge in [-0.15, -0.1) is 0 Å². The van der Waals surface area contributed by atoms with Crippen LogP contribution in [0.1, 0.15) is 23.2 Å². The molecule has 0 bridgehead atoms. The van der Waals surface area contributed by atoms with Gasteiger partial charge in [-0.1, -0.05) is 0 Å². The van der Waals surface area contributed by atoms with Crippen LogP contribution in [0, 0.1) is 5.92 Å². The lowest BCUT2D eigenvalue weighted by atomic mass is 9.97. The standard InChI is InChI=1S/C12H18N2O/c1-13-5-2-11(3-6-13)8-14-7-4-12(9-14)10-15/h4,7,9-11H,2-3,5-6,8H2,1H3. The van der Waals surface area contributed by atoms with Gasteiger partial charge in [0.1, 0.15) is 0 Å². The molecule has 2 heterocycles. The summed E-state index contributed by atoms with van der Waals surface area (Å²) in [6.45, 7) is 3.46. The van der Waals surface area contributed by atoms with Crippen LogP contribution in [0.5, 0.6) is 0 Å². The molecule has 82 valence electrons. The fraction of sp³-hybridized carbons (Fsp3) is 0.583. The minimum Gasteiger partial charge on any atom is -0.353 e. The van der Waals surface area contributed by atoms with Gasteiger partial charge in [0.2, 0.25) is 0 Å². The third kappa shape index (κ3) is 2.69. The number of carbonyl (C=O) groups is 1. The summed E-state index contributed by atoms with van der Waals surface area (Å²) in [6.07, 6.45) is 7.38. The van der Waals surface area contributed by atoms with Gasteiger partial charge in [-0.05, 0) is 45.0 Å². The Bertz CT molecular complexity index is 324. The largest absolute Gasteiger partial charge is 0.353 e. The Labute approximate surface area is 90.7 Å². The molecule has 0 N–H and O–H groups in total. The van der Waals surface area contributed by atoms with E-state index in [4.69, 9.17) is 0 Å². The number of likely N-dealkylation sites (tertiary alicyclic amines) is 1. The van der Waals surface area contributed by atoms with E-state index in [2.05, 4.69) is 16.5 Å². The molecule has 1 fully saturated rings. The molecule has 3 nitrogen and oxygen atoms in total. The first-order chi connectivity index (χ1) is 7.28. The summed E-state index contributed by atoms with van der Waals surface area (Å²) in [5.74, 6) is 0.771. The summed E-state index contributed by atoms with van der Waals surface area (Å²) in [4.78, 5) is 12.9. The first-order valence-corrected chi connectivity index (χ1v) is 5.57. The van der Waals surface area contributed by atoms with E-state index < -0.39 is 0 Å². The number of piperidine rings is 1. The minimum absolute atomic E-state index is 0.771. The van der Waals surface area contributed by atoms with Crippen LogP contribution in [0.25, 0.3) is 0 Å². The quantitative estimate of drug-likeness (QED) is 0.702. The van der Waals surface area contributed by atoms with Gasteiger partial charge in [0.15, 0.2) is 6.29 Å². The molecule has 0 aromatic carbocycles. The van der Waals surface area contributed by atoms with Gasteiger partial charge in [-0.3, -0.25) is 4.79 Å². The smallest absolute Gasteiger partial charge is 0.151 e. The van der Waals surface area contributed by atoms with Crippen LogP contribution in [0.4, 0.5) is 0 Å². The van der Waals surface area contributed by atoms with E-state index in [1.807, 2.05) is 18.5 Å². The van der Waals surface area contributed by atoms with Crippen LogP contribution < -0.4 is 0 Å². The first kappa shape index (κ1) is 10.4. The topological polar surface area (TPSA) is 25.2 Å². The highest BCUT2D eigenvalue weighted by atomic mass is 16.1. The number of carbonyl (C=O) groups excluding carboxylic acids is 1. The minimum atomic E-state index is 0.771. The molecule has 0 atom stereocenters. The zero-order valence-electron chi connectivity index (χ0n) is 9.22. The van der Waals surface area contributed by atoms with Crippen LogP contribution in [-0.2, 0) is 6.54 Å². The summed E-state index contributed by atoms with van der Waals surface area (Å²) in [6, 6.07) is 1.88. The maximum Gasteiger partial charge on any atom is 0.151 e. The number of nitrogens with zero attached hydrogens (tertiary/aromatic N) is 2. The average Bonchev–Trinajstić information content (AvgIpc) is 2.69. The second-order valence-electron chi connectivity index (χ2n) is 4.51. The molecule has 15 heavy (non-hydrogen) atoms. The monoisotopic (exact) mass is 206 g/mol. The Morgan fingerprint density at radius 3 is 2.80 bits per heavy atom. The van der Waals surface area contributed by atoms with Crippen molar-refractivity contribution in [2.75, 3.05) is 20.1 Å². The number of aromatic nitrogens is 1. The highest BCUT2D eigenvalue weighted by Crippen LogP contribution is 2.18. The number of aldehydes is 1. The van der Waals surface area contributed by atoms with E-state index in [0.717, 1.165) is 24.3 Å². The third-order valence-corrected chi connectivity index (χ3v) is 3.22. The van der Waals surface area contributed by atoms with Gasteiger partial charge >= 0.3 is 0 Å². The highest BCUT2D eigenvalue weighted by molar-refractivity contribution is 5.74. The maximum absolute atomic E-state index is 10.5. The average molecular weight is 206 g/mol. The fourth-order valence-corrected chi connectivity index (χ4v) is 2.19. The van der Waals surface area contributed by atoms with E-state index in [1.54, 1.807) is 0 Å². The van der Waals surface area contributed by atoms with Gasteiger partial charge in [0.05, 0.1) is 0 Å². The molecule has 0 radical (unpaired) electrons. The Morgan fingerprint density at radius 1 is 1.47 bits per heavy atom. The predicted octanol–water partition coefficient (Wildman–Crippen LogP) is 1.64. The van der Waals surface area contributed by atoms with Crippen molar-refractivity contribution in [3.8, 4) is 0 Å². The van der Waals surface area contributed by atoms with Crippen molar-refractivity contribution < 1.29 is 4.79 Å². The summed E-state index contributed by atoms with van der Waals surface area (Å²) < 4.78 is 2.14. The number of rotatable bonds is 3. The lowest BCUT2D eigenvalue weighted by Crippen LogP contribution is -2.31. The zero-order chi connectivity index (χ0) is 10.7. The summed E-state index contributed by atoms with van der Waals surface area (Å²) in [5.41, 5.74) is 0.780. The van der Waals surface area contributed by atoms with E-state index >= 15 is 0 Å². The van der Waals surface area contributed by atoms with Gasteiger partial charge in [0, 0.05) is 24.5 Å². The van der Waals surface area contributed by atoms with Crippen molar-refractivity contribution in [2.45, 2.75) is 19.4 Å². The Hall–Kier alpha value is -1.09. The van der Waals surface area contributed by atoms with Crippen molar-refractivity contribution in [3.05, 3.63) is 24.0 Å². The Morgan fingerprint density at radius 2 is 2.20 bits per heavy atom. The van der Waals surface area contributed by atoms with Gasteiger partial charge < -0.3 is 9.47 Å². The van der Waals surface area contributed by atoms with Crippen LogP contribution in [0.15, 0.2) is 18.5 Å². The van der Waals surface area contributed by atoms with Crippen molar-refractivity contribution in [3.63, 3.8) is 0 Å². The normalized spacial score (nSPS) is 19.3. The van der Waals surface area contributed by atoms with E-state index in [9.17, 15) is 4.79 Å². The summed E-state index contributed by atoms with van der Waals surface area (Å²) >= 11 is 0. The molecule has 1 saturated heterocycles. The van der Waals surface area contributed by atoms with Gasteiger partial charge in [-0.25, -0.2) is 0 Å². The van der Waals surface area contributed by atoms with Gasteiger partial charge in [0.25, 0.3) is 0 Å². The molecule has 1 aliphatic rings. The SMILES string of the molecule is CN1CCC(Cn2ccc(C=O)c2)CC1. The molecule has 0 spiro atoms. The molecule has 1 aromatic rings. The predicted molar refractivity (Wildman–Crippen MR) is 60.0 cm³/mol. The van der Waals surface area contributed by atoms with Crippen molar-refractivity contribution in [2.24, 2.45) is 5.92 Å². The number of hydrogen-bond donors (Lipinski definition) is 0. The molecular formula is C12H18N2O. The first-order valence-electron chi connectivity index (χ1n) is 5.57. The molecule has 1 aromatic heterocycles. The fourth-order valence-electron chi connectivity index (χ4n) is 2.19. The molecule has 3 heteroatoms. The lowest BCUT2D eigenvalue weighted by molar-refractivity contribution is 0.112. The van der Waals surface area contributed by atoms with Crippen LogP contribution >= 0.6 is 0 Å².